The predicted octanol–water partition coefficient (Wildman–Crippen LogP) is 0.875. The SMILES string of the molecule is NCC1CCCC1C(=O)NC1(CC(=O)O)CCC1. The van der Waals surface area contributed by atoms with Gasteiger partial charge in [0.1, 0.15) is 0 Å². The van der Waals surface area contributed by atoms with Gasteiger partial charge in [-0.3, -0.25) is 9.59 Å². The number of nitrogens with one attached hydrogen (secondary N) is 1. The van der Waals surface area contributed by atoms with Gasteiger partial charge in [0.25, 0.3) is 0 Å². The van der Waals surface area contributed by atoms with Crippen LogP contribution in [0.1, 0.15) is 44.9 Å². The van der Waals surface area contributed by atoms with Crippen LogP contribution in [-0.4, -0.2) is 29.1 Å². The van der Waals surface area contributed by atoms with Crippen molar-refractivity contribution >= 4 is 11.9 Å². The zero-order valence-corrected chi connectivity index (χ0v) is 10.7. The number of hydrogen-bond acceptors (Lipinski definition) is 3. The maximum Gasteiger partial charge on any atom is 0.305 e. The first-order chi connectivity index (χ1) is 8.56. The van der Waals surface area contributed by atoms with Gasteiger partial charge in [-0.05, 0) is 44.6 Å². The molecule has 2 unspecified atom stereocenters. The second kappa shape index (κ2) is 5.26. The van der Waals surface area contributed by atoms with E-state index in [1.807, 2.05) is 0 Å². The fraction of sp³-hybridized carbons (Fsp3) is 0.846. The number of carbonyl (C=O) groups is 2. The Balaban J connectivity index is 1.95. The summed E-state index contributed by atoms with van der Waals surface area (Å²) in [4.78, 5) is 23.1. The summed E-state index contributed by atoms with van der Waals surface area (Å²) in [7, 11) is 0. The molecular weight excluding hydrogens is 232 g/mol. The highest BCUT2D eigenvalue weighted by Crippen LogP contribution is 2.37. The molecule has 4 N–H and O–H groups in total. The number of nitrogens with two attached hydrogens (primary N) is 1. The van der Waals surface area contributed by atoms with E-state index < -0.39 is 11.5 Å². The average Bonchev–Trinajstić information content (AvgIpc) is 2.73. The fourth-order valence-corrected chi connectivity index (χ4v) is 3.26. The molecule has 1 amide bonds. The number of hydrogen-bond donors (Lipinski definition) is 3. The van der Waals surface area contributed by atoms with Crippen molar-refractivity contribution < 1.29 is 14.7 Å². The Morgan fingerprint density at radius 1 is 1.28 bits per heavy atom. The summed E-state index contributed by atoms with van der Waals surface area (Å²) in [5, 5.41) is 11.9. The molecule has 0 aliphatic heterocycles. The Morgan fingerprint density at radius 3 is 2.50 bits per heavy atom. The minimum absolute atomic E-state index is 0.0127. The van der Waals surface area contributed by atoms with Crippen molar-refractivity contribution in [3.05, 3.63) is 0 Å². The highest BCUT2D eigenvalue weighted by atomic mass is 16.4. The zero-order chi connectivity index (χ0) is 13.2. The zero-order valence-electron chi connectivity index (χ0n) is 10.7. The molecule has 0 aromatic rings. The molecule has 0 saturated heterocycles. The van der Waals surface area contributed by atoms with Crippen LogP contribution in [0.5, 0.6) is 0 Å². The summed E-state index contributed by atoms with van der Waals surface area (Å²) in [6.45, 7) is 0.546. The van der Waals surface area contributed by atoms with Gasteiger partial charge < -0.3 is 16.2 Å². The maximum absolute atomic E-state index is 12.2. The van der Waals surface area contributed by atoms with Crippen LogP contribution in [0.3, 0.4) is 0 Å². The third-order valence-corrected chi connectivity index (χ3v) is 4.49. The Hall–Kier alpha value is -1.10. The molecule has 2 saturated carbocycles. The van der Waals surface area contributed by atoms with E-state index in [9.17, 15) is 9.59 Å². The summed E-state index contributed by atoms with van der Waals surface area (Å²) >= 11 is 0. The molecule has 0 heterocycles. The predicted molar refractivity (Wildman–Crippen MR) is 66.9 cm³/mol. The molecule has 2 rings (SSSR count). The van der Waals surface area contributed by atoms with Crippen LogP contribution in [0.4, 0.5) is 0 Å². The first-order valence-electron chi connectivity index (χ1n) is 6.80. The summed E-state index contributed by atoms with van der Waals surface area (Å²) < 4.78 is 0. The Bertz CT molecular complexity index is 339. The molecule has 0 aromatic carbocycles. The van der Waals surface area contributed by atoms with E-state index >= 15 is 0 Å². The molecule has 0 spiro atoms. The lowest BCUT2D eigenvalue weighted by molar-refractivity contribution is -0.141. The topological polar surface area (TPSA) is 92.4 Å². The molecule has 0 radical (unpaired) electrons. The lowest BCUT2D eigenvalue weighted by Crippen LogP contribution is -2.56. The van der Waals surface area contributed by atoms with E-state index in [4.69, 9.17) is 10.8 Å². The van der Waals surface area contributed by atoms with Crippen LogP contribution >= 0.6 is 0 Å². The van der Waals surface area contributed by atoms with Crippen molar-refractivity contribution in [2.45, 2.75) is 50.5 Å². The van der Waals surface area contributed by atoms with E-state index in [-0.39, 0.29) is 24.2 Å². The molecule has 2 atom stereocenters. The number of carbonyl (C=O) groups excluding carboxylic acids is 1. The van der Waals surface area contributed by atoms with E-state index in [1.165, 1.54) is 0 Å². The second-order valence-corrected chi connectivity index (χ2v) is 5.73. The van der Waals surface area contributed by atoms with Gasteiger partial charge in [0, 0.05) is 5.92 Å². The normalized spacial score (nSPS) is 29.6. The molecule has 2 fully saturated rings. The molecule has 2 aliphatic carbocycles. The van der Waals surface area contributed by atoms with Crippen molar-refractivity contribution in [1.82, 2.24) is 5.32 Å². The molecule has 2 aliphatic rings. The largest absolute Gasteiger partial charge is 0.481 e. The lowest BCUT2D eigenvalue weighted by Gasteiger charge is -2.42. The average molecular weight is 254 g/mol. The Labute approximate surface area is 107 Å². The molecule has 0 aromatic heterocycles. The van der Waals surface area contributed by atoms with Crippen LogP contribution in [0.15, 0.2) is 0 Å². The summed E-state index contributed by atoms with van der Waals surface area (Å²) in [6.07, 6.45) is 5.55. The standard InChI is InChI=1S/C13H22N2O3/c14-8-9-3-1-4-10(9)12(18)15-13(5-2-6-13)7-11(16)17/h9-10H,1-8,14H2,(H,15,18)(H,16,17). The smallest absolute Gasteiger partial charge is 0.305 e. The molecule has 5 heteroatoms. The number of aliphatic carboxylic acids is 1. The summed E-state index contributed by atoms with van der Waals surface area (Å²) in [6, 6.07) is 0. The number of carboxylic acids is 1. The van der Waals surface area contributed by atoms with Gasteiger partial charge >= 0.3 is 5.97 Å². The summed E-state index contributed by atoms with van der Waals surface area (Å²) in [5.74, 6) is -0.561. The Kier molecular flexibility index (Phi) is 3.90. The van der Waals surface area contributed by atoms with Crippen molar-refractivity contribution in [2.24, 2.45) is 17.6 Å². The molecule has 0 bridgehead atoms. The number of carboxylic acid groups (broad SMARTS) is 1. The van der Waals surface area contributed by atoms with Gasteiger partial charge in [0.05, 0.1) is 12.0 Å². The molecule has 18 heavy (non-hydrogen) atoms. The quantitative estimate of drug-likeness (QED) is 0.679. The van der Waals surface area contributed by atoms with Crippen LogP contribution < -0.4 is 11.1 Å². The fourth-order valence-electron chi connectivity index (χ4n) is 3.26. The maximum atomic E-state index is 12.2. The van der Waals surface area contributed by atoms with Crippen molar-refractivity contribution in [1.29, 1.82) is 0 Å². The van der Waals surface area contributed by atoms with E-state index in [0.29, 0.717) is 6.54 Å². The van der Waals surface area contributed by atoms with Crippen molar-refractivity contribution in [3.63, 3.8) is 0 Å². The highest BCUT2D eigenvalue weighted by molar-refractivity contribution is 5.81. The lowest BCUT2D eigenvalue weighted by atomic mass is 9.74. The third-order valence-electron chi connectivity index (χ3n) is 4.49. The van der Waals surface area contributed by atoms with Crippen molar-refractivity contribution in [3.8, 4) is 0 Å². The van der Waals surface area contributed by atoms with Gasteiger partial charge in [-0.25, -0.2) is 0 Å². The van der Waals surface area contributed by atoms with Crippen LogP contribution in [0.25, 0.3) is 0 Å². The highest BCUT2D eigenvalue weighted by Gasteiger charge is 2.43. The van der Waals surface area contributed by atoms with E-state index in [2.05, 4.69) is 5.32 Å². The number of amides is 1. The van der Waals surface area contributed by atoms with Crippen LogP contribution in [0.2, 0.25) is 0 Å². The van der Waals surface area contributed by atoms with Gasteiger partial charge in [0.15, 0.2) is 0 Å². The van der Waals surface area contributed by atoms with Crippen molar-refractivity contribution in [2.75, 3.05) is 6.54 Å². The monoisotopic (exact) mass is 254 g/mol. The third kappa shape index (κ3) is 2.66. The van der Waals surface area contributed by atoms with Gasteiger partial charge in [-0.1, -0.05) is 6.42 Å². The van der Waals surface area contributed by atoms with E-state index in [1.54, 1.807) is 0 Å². The Morgan fingerprint density at radius 2 is 2.00 bits per heavy atom. The molecule has 5 nitrogen and oxygen atoms in total. The van der Waals surface area contributed by atoms with Crippen LogP contribution in [-0.2, 0) is 9.59 Å². The molecule has 102 valence electrons. The van der Waals surface area contributed by atoms with Gasteiger partial charge in [-0.15, -0.1) is 0 Å². The van der Waals surface area contributed by atoms with Gasteiger partial charge in [0.2, 0.25) is 5.91 Å². The second-order valence-electron chi connectivity index (χ2n) is 5.73. The first kappa shape index (κ1) is 13.3. The summed E-state index contributed by atoms with van der Waals surface area (Å²) in [5.41, 5.74) is 5.20. The van der Waals surface area contributed by atoms with Crippen LogP contribution in [0, 0.1) is 11.8 Å². The number of rotatable bonds is 5. The van der Waals surface area contributed by atoms with E-state index in [0.717, 1.165) is 38.5 Å². The molecular formula is C13H22N2O3. The minimum atomic E-state index is -0.836. The minimum Gasteiger partial charge on any atom is -0.481 e. The van der Waals surface area contributed by atoms with Gasteiger partial charge in [-0.2, -0.15) is 0 Å². The first-order valence-corrected chi connectivity index (χ1v) is 6.80.